The van der Waals surface area contributed by atoms with Gasteiger partial charge >= 0.3 is 16.0 Å². The number of rotatable bonds is 6. The third-order valence-electron chi connectivity index (χ3n) is 4.63. The summed E-state index contributed by atoms with van der Waals surface area (Å²) < 4.78 is 51.0. The van der Waals surface area contributed by atoms with Crippen molar-refractivity contribution >= 4 is 27.3 Å². The van der Waals surface area contributed by atoms with Crippen molar-refractivity contribution in [1.82, 2.24) is 5.32 Å². The first-order valence-electron chi connectivity index (χ1n) is 9.06. The molecule has 2 aromatic rings. The fourth-order valence-electron chi connectivity index (χ4n) is 3.22. The SMILES string of the molecule is CC(=O)N[C@@H]1C(Oc2ccc3c(C)cc(=O)oc3c2)OC(COS(=O)(=O)O)C(O)C1O. The summed E-state index contributed by atoms with van der Waals surface area (Å²) in [6, 6.07) is 4.65. The van der Waals surface area contributed by atoms with Crippen molar-refractivity contribution in [2.45, 2.75) is 44.5 Å². The average Bonchev–Trinajstić information content (AvgIpc) is 2.65. The van der Waals surface area contributed by atoms with Gasteiger partial charge in [0, 0.05) is 24.4 Å². The lowest BCUT2D eigenvalue weighted by Crippen LogP contribution is -2.65. The van der Waals surface area contributed by atoms with E-state index in [4.69, 9.17) is 18.4 Å². The molecular weight excluding hydrogens is 438 g/mol. The summed E-state index contributed by atoms with van der Waals surface area (Å²) in [5.41, 5.74) is 0.346. The highest BCUT2D eigenvalue weighted by atomic mass is 32.3. The summed E-state index contributed by atoms with van der Waals surface area (Å²) in [5, 5.41) is 23.7. The van der Waals surface area contributed by atoms with Crippen molar-refractivity contribution in [2.24, 2.45) is 0 Å². The summed E-state index contributed by atoms with van der Waals surface area (Å²) in [5.74, 6) is -0.416. The lowest BCUT2D eigenvalue weighted by molar-refractivity contribution is -0.242. The van der Waals surface area contributed by atoms with Crippen LogP contribution < -0.4 is 15.7 Å². The zero-order valence-electron chi connectivity index (χ0n) is 16.4. The van der Waals surface area contributed by atoms with E-state index < -0.39 is 59.2 Å². The minimum absolute atomic E-state index is 0.139. The van der Waals surface area contributed by atoms with Crippen LogP contribution in [0.15, 0.2) is 33.5 Å². The van der Waals surface area contributed by atoms with Gasteiger partial charge in [0.25, 0.3) is 0 Å². The lowest BCUT2D eigenvalue weighted by Gasteiger charge is -2.42. The van der Waals surface area contributed by atoms with E-state index in [0.29, 0.717) is 10.9 Å². The number of hydrogen-bond donors (Lipinski definition) is 4. The number of carbonyl (C=O) groups excluding carboxylic acids is 1. The van der Waals surface area contributed by atoms with Gasteiger partial charge in [-0.2, -0.15) is 8.42 Å². The van der Waals surface area contributed by atoms with Crippen molar-refractivity contribution in [3.63, 3.8) is 0 Å². The second-order valence-corrected chi connectivity index (χ2v) is 8.08. The van der Waals surface area contributed by atoms with Gasteiger partial charge in [-0.3, -0.25) is 9.35 Å². The van der Waals surface area contributed by atoms with Crippen LogP contribution in [0.1, 0.15) is 12.5 Å². The minimum Gasteiger partial charge on any atom is -0.462 e. The smallest absolute Gasteiger partial charge is 0.397 e. The molecule has 1 aromatic heterocycles. The van der Waals surface area contributed by atoms with E-state index in [2.05, 4.69) is 9.50 Å². The highest BCUT2D eigenvalue weighted by Crippen LogP contribution is 2.27. The number of fused-ring (bicyclic) bond motifs is 1. The molecule has 4 unspecified atom stereocenters. The number of hydrogen-bond acceptors (Lipinski definition) is 10. The Morgan fingerprint density at radius 1 is 1.23 bits per heavy atom. The Kier molecular flexibility index (Phi) is 6.64. The zero-order valence-corrected chi connectivity index (χ0v) is 17.2. The first-order valence-corrected chi connectivity index (χ1v) is 10.4. The standard InChI is InChI=1S/C18H21NO11S/c1-8-5-14(21)29-12-6-10(3-4-11(8)12)28-18-15(19-9(2)20)17(23)16(22)13(30-18)7-27-31(24,25)26/h3-6,13,15-18,22-23H,7H2,1-2H3,(H,19,20)(H,24,25,26)/t13?,15-,16?,17?,18?/m0/s1. The van der Waals surface area contributed by atoms with Crippen LogP contribution in [0.25, 0.3) is 11.0 Å². The molecule has 1 aliphatic heterocycles. The van der Waals surface area contributed by atoms with Crippen molar-refractivity contribution < 1.29 is 46.1 Å². The van der Waals surface area contributed by atoms with E-state index in [0.717, 1.165) is 0 Å². The molecule has 5 atom stereocenters. The molecule has 0 saturated carbocycles. The molecule has 1 aromatic carbocycles. The molecule has 1 fully saturated rings. The molecule has 13 heteroatoms. The van der Waals surface area contributed by atoms with E-state index in [-0.39, 0.29) is 11.3 Å². The highest BCUT2D eigenvalue weighted by Gasteiger charge is 2.46. The van der Waals surface area contributed by atoms with Gasteiger partial charge in [-0.15, -0.1) is 0 Å². The van der Waals surface area contributed by atoms with Crippen LogP contribution in [-0.4, -0.2) is 66.3 Å². The Balaban J connectivity index is 1.89. The average molecular weight is 459 g/mol. The Morgan fingerprint density at radius 3 is 2.58 bits per heavy atom. The fraction of sp³-hybridized carbons (Fsp3) is 0.444. The number of aliphatic hydroxyl groups excluding tert-OH is 2. The molecule has 1 aliphatic rings. The number of ether oxygens (including phenoxy) is 2. The molecule has 4 N–H and O–H groups in total. The van der Waals surface area contributed by atoms with Gasteiger partial charge in [-0.05, 0) is 24.6 Å². The zero-order chi connectivity index (χ0) is 22.9. The van der Waals surface area contributed by atoms with Crippen LogP contribution >= 0.6 is 0 Å². The number of aryl methyl sites for hydroxylation is 1. The van der Waals surface area contributed by atoms with Crippen LogP contribution in [0.3, 0.4) is 0 Å². The molecule has 1 amide bonds. The minimum atomic E-state index is -4.83. The Hall–Kier alpha value is -2.55. The first kappa shape index (κ1) is 23.1. The topological polar surface area (TPSA) is 182 Å². The third-order valence-corrected chi connectivity index (χ3v) is 5.06. The van der Waals surface area contributed by atoms with Gasteiger partial charge in [0.1, 0.15) is 35.7 Å². The Bertz CT molecular complexity index is 1130. The summed E-state index contributed by atoms with van der Waals surface area (Å²) in [6.45, 7) is 2.08. The first-order chi connectivity index (χ1) is 14.4. The maximum Gasteiger partial charge on any atom is 0.397 e. The molecule has 2 heterocycles. The maximum absolute atomic E-state index is 11.6. The predicted molar refractivity (Wildman–Crippen MR) is 104 cm³/mol. The van der Waals surface area contributed by atoms with Gasteiger partial charge < -0.3 is 29.4 Å². The molecule has 170 valence electrons. The third kappa shape index (κ3) is 5.58. The Labute approximate surface area is 176 Å². The molecule has 31 heavy (non-hydrogen) atoms. The van der Waals surface area contributed by atoms with E-state index in [1.165, 1.54) is 25.1 Å². The molecule has 0 aliphatic carbocycles. The van der Waals surface area contributed by atoms with E-state index >= 15 is 0 Å². The van der Waals surface area contributed by atoms with Gasteiger partial charge in [0.2, 0.25) is 12.2 Å². The van der Waals surface area contributed by atoms with Crippen LogP contribution in [0.4, 0.5) is 0 Å². The molecule has 0 bridgehead atoms. The lowest BCUT2D eigenvalue weighted by atomic mass is 9.97. The molecule has 12 nitrogen and oxygen atoms in total. The largest absolute Gasteiger partial charge is 0.462 e. The number of benzene rings is 1. The monoisotopic (exact) mass is 459 g/mol. The van der Waals surface area contributed by atoms with E-state index in [9.17, 15) is 28.2 Å². The highest BCUT2D eigenvalue weighted by molar-refractivity contribution is 7.80. The van der Waals surface area contributed by atoms with Gasteiger partial charge in [0.15, 0.2) is 0 Å². The summed E-state index contributed by atoms with van der Waals surface area (Å²) in [4.78, 5) is 23.2. The second kappa shape index (κ2) is 8.90. The van der Waals surface area contributed by atoms with Gasteiger partial charge in [-0.25, -0.2) is 8.98 Å². The number of aliphatic hydroxyl groups is 2. The number of carbonyl (C=O) groups is 1. The summed E-state index contributed by atoms with van der Waals surface area (Å²) >= 11 is 0. The molecule has 1 saturated heterocycles. The molecule has 3 rings (SSSR count). The van der Waals surface area contributed by atoms with Crippen LogP contribution in [-0.2, 0) is 24.1 Å². The second-order valence-electron chi connectivity index (χ2n) is 6.99. The summed E-state index contributed by atoms with van der Waals surface area (Å²) in [7, 11) is -4.83. The van der Waals surface area contributed by atoms with E-state index in [1.807, 2.05) is 0 Å². The van der Waals surface area contributed by atoms with Crippen LogP contribution in [0.2, 0.25) is 0 Å². The van der Waals surface area contributed by atoms with Gasteiger partial charge in [0.05, 0.1) is 6.61 Å². The fourth-order valence-corrected chi connectivity index (χ4v) is 3.53. The summed E-state index contributed by atoms with van der Waals surface area (Å²) in [6.07, 6.45) is -6.12. The molecular formula is C18H21NO11S. The quantitative estimate of drug-likeness (QED) is 0.315. The number of nitrogens with one attached hydrogen (secondary N) is 1. The van der Waals surface area contributed by atoms with Crippen molar-refractivity contribution in [3.05, 3.63) is 40.2 Å². The van der Waals surface area contributed by atoms with Crippen LogP contribution in [0.5, 0.6) is 5.75 Å². The van der Waals surface area contributed by atoms with Gasteiger partial charge in [-0.1, -0.05) is 0 Å². The Morgan fingerprint density at radius 2 is 1.94 bits per heavy atom. The molecule has 0 radical (unpaired) electrons. The van der Waals surface area contributed by atoms with E-state index in [1.54, 1.807) is 13.0 Å². The predicted octanol–water partition coefficient (Wildman–Crippen LogP) is -0.749. The van der Waals surface area contributed by atoms with Crippen molar-refractivity contribution in [2.75, 3.05) is 6.61 Å². The molecule has 0 spiro atoms. The maximum atomic E-state index is 11.6. The van der Waals surface area contributed by atoms with Crippen LogP contribution in [0, 0.1) is 6.92 Å². The number of amides is 1. The normalized spacial score (nSPS) is 26.5. The van der Waals surface area contributed by atoms with Crippen molar-refractivity contribution in [1.29, 1.82) is 0 Å². The van der Waals surface area contributed by atoms with Crippen molar-refractivity contribution in [3.8, 4) is 5.75 Å².